The van der Waals surface area contributed by atoms with E-state index in [0.717, 1.165) is 0 Å². The maximum atomic E-state index is 11.1. The minimum Gasteiger partial charge on any atom is -0.481 e. The third kappa shape index (κ3) is 2.67. The van der Waals surface area contributed by atoms with Crippen LogP contribution in [0.5, 0.6) is 0 Å². The molecule has 1 aliphatic heterocycles. The maximum Gasteiger partial charge on any atom is 0.314 e. The fourth-order valence-corrected chi connectivity index (χ4v) is 1.47. The zero-order valence-electron chi connectivity index (χ0n) is 8.65. The van der Waals surface area contributed by atoms with Crippen molar-refractivity contribution in [3.05, 3.63) is 25.3 Å². The first kappa shape index (κ1) is 11.9. The van der Waals surface area contributed by atoms with Crippen molar-refractivity contribution in [1.29, 1.82) is 0 Å². The molecule has 1 saturated heterocycles. The Morgan fingerprint density at radius 2 is 2.00 bits per heavy atom. The number of hydrogen-bond acceptors (Lipinski definition) is 3. The van der Waals surface area contributed by atoms with Crippen molar-refractivity contribution in [2.24, 2.45) is 5.41 Å². The van der Waals surface area contributed by atoms with Gasteiger partial charge < -0.3 is 14.6 Å². The van der Waals surface area contributed by atoms with Crippen molar-refractivity contribution in [2.45, 2.75) is 19.1 Å². The average Bonchev–Trinajstić information content (AvgIpc) is 2.21. The maximum absolute atomic E-state index is 11.1. The lowest BCUT2D eigenvalue weighted by Gasteiger charge is -2.35. The van der Waals surface area contributed by atoms with Crippen molar-refractivity contribution in [2.75, 3.05) is 13.2 Å². The molecule has 0 aromatic heterocycles. The van der Waals surface area contributed by atoms with Crippen molar-refractivity contribution in [3.63, 3.8) is 0 Å². The number of carboxylic acid groups (broad SMARTS) is 1. The van der Waals surface area contributed by atoms with Crippen LogP contribution in [0.2, 0.25) is 0 Å². The lowest BCUT2D eigenvalue weighted by atomic mass is 9.85. The molecule has 0 spiro atoms. The highest BCUT2D eigenvalue weighted by atomic mass is 16.7. The van der Waals surface area contributed by atoms with Crippen molar-refractivity contribution in [1.82, 2.24) is 0 Å². The molecule has 1 aliphatic rings. The highest BCUT2D eigenvalue weighted by molar-refractivity contribution is 5.75. The quantitative estimate of drug-likeness (QED) is 0.703. The molecule has 84 valence electrons. The van der Waals surface area contributed by atoms with Crippen molar-refractivity contribution in [3.8, 4) is 0 Å². The molecule has 0 aromatic rings. The highest BCUT2D eigenvalue weighted by Gasteiger charge is 2.42. The van der Waals surface area contributed by atoms with Crippen LogP contribution < -0.4 is 0 Å². The molecule has 4 heteroatoms. The first-order chi connectivity index (χ1) is 7.14. The van der Waals surface area contributed by atoms with Gasteiger partial charge >= 0.3 is 5.97 Å². The summed E-state index contributed by atoms with van der Waals surface area (Å²) in [4.78, 5) is 11.1. The van der Waals surface area contributed by atoms with E-state index in [1.165, 1.54) is 0 Å². The molecular formula is C11H16O4. The molecule has 0 aromatic carbocycles. The van der Waals surface area contributed by atoms with E-state index in [9.17, 15) is 4.79 Å². The van der Waals surface area contributed by atoms with Gasteiger partial charge in [-0.15, -0.1) is 13.2 Å². The van der Waals surface area contributed by atoms with Crippen molar-refractivity contribution >= 4 is 5.97 Å². The van der Waals surface area contributed by atoms with Crippen LogP contribution in [0, 0.1) is 5.41 Å². The molecular weight excluding hydrogens is 196 g/mol. The number of carbonyl (C=O) groups is 1. The standard InChI is InChI=1S/C11H16O4/c1-3-5-9-14-7-11(6-4-2,8-15-9)10(12)13/h3-4,9H,1-2,5-8H2,(H,12,13). The predicted molar refractivity (Wildman–Crippen MR) is 55.4 cm³/mol. The van der Waals surface area contributed by atoms with Crippen LogP contribution in [-0.2, 0) is 14.3 Å². The molecule has 0 saturated carbocycles. The van der Waals surface area contributed by atoms with E-state index < -0.39 is 11.4 Å². The minimum absolute atomic E-state index is 0.160. The van der Waals surface area contributed by atoms with E-state index in [-0.39, 0.29) is 19.5 Å². The van der Waals surface area contributed by atoms with Crippen LogP contribution in [0.4, 0.5) is 0 Å². The summed E-state index contributed by atoms with van der Waals surface area (Å²) in [6, 6.07) is 0. The van der Waals surface area contributed by atoms with Gasteiger partial charge in [-0.25, -0.2) is 0 Å². The van der Waals surface area contributed by atoms with E-state index >= 15 is 0 Å². The molecule has 1 N–H and O–H groups in total. The zero-order chi connectivity index (χ0) is 11.3. The Balaban J connectivity index is 2.60. The number of hydrogen-bond donors (Lipinski definition) is 1. The van der Waals surface area contributed by atoms with Crippen LogP contribution >= 0.6 is 0 Å². The molecule has 4 nitrogen and oxygen atoms in total. The van der Waals surface area contributed by atoms with Crippen LogP contribution in [0.1, 0.15) is 12.8 Å². The SMILES string of the molecule is C=CCC1OCC(CC=C)(C(=O)O)CO1. The Morgan fingerprint density at radius 1 is 1.40 bits per heavy atom. The molecule has 0 unspecified atom stereocenters. The smallest absolute Gasteiger partial charge is 0.314 e. The van der Waals surface area contributed by atoms with Crippen LogP contribution in [0.15, 0.2) is 25.3 Å². The fraction of sp³-hybridized carbons (Fsp3) is 0.545. The van der Waals surface area contributed by atoms with E-state index in [1.54, 1.807) is 12.2 Å². The second kappa shape index (κ2) is 5.09. The summed E-state index contributed by atoms with van der Waals surface area (Å²) >= 11 is 0. The van der Waals surface area contributed by atoms with Gasteiger partial charge in [-0.2, -0.15) is 0 Å². The van der Waals surface area contributed by atoms with Gasteiger partial charge in [0.05, 0.1) is 13.2 Å². The molecule has 0 aliphatic carbocycles. The Bertz CT molecular complexity index is 251. The molecule has 0 bridgehead atoms. The van der Waals surface area contributed by atoms with E-state index in [1.807, 2.05) is 0 Å². The average molecular weight is 212 g/mol. The Kier molecular flexibility index (Phi) is 4.05. The largest absolute Gasteiger partial charge is 0.481 e. The van der Waals surface area contributed by atoms with Gasteiger partial charge in [0.15, 0.2) is 6.29 Å². The van der Waals surface area contributed by atoms with Crippen LogP contribution in [0.3, 0.4) is 0 Å². The van der Waals surface area contributed by atoms with E-state index in [4.69, 9.17) is 14.6 Å². The van der Waals surface area contributed by atoms with E-state index in [0.29, 0.717) is 12.8 Å². The molecule has 1 fully saturated rings. The Hall–Kier alpha value is -1.13. The van der Waals surface area contributed by atoms with Gasteiger partial charge in [0, 0.05) is 6.42 Å². The molecule has 1 heterocycles. The van der Waals surface area contributed by atoms with Crippen molar-refractivity contribution < 1.29 is 19.4 Å². The summed E-state index contributed by atoms with van der Waals surface area (Å²) in [5, 5.41) is 9.11. The number of aliphatic carboxylic acids is 1. The summed E-state index contributed by atoms with van der Waals surface area (Å²) in [5.41, 5.74) is -0.973. The predicted octanol–water partition coefficient (Wildman–Crippen LogP) is 1.58. The van der Waals surface area contributed by atoms with Crippen LogP contribution in [0.25, 0.3) is 0 Å². The first-order valence-corrected chi connectivity index (χ1v) is 4.83. The van der Waals surface area contributed by atoms with Gasteiger partial charge in [0.25, 0.3) is 0 Å². The van der Waals surface area contributed by atoms with Gasteiger partial charge in [0.1, 0.15) is 5.41 Å². The van der Waals surface area contributed by atoms with Gasteiger partial charge in [-0.05, 0) is 6.42 Å². The van der Waals surface area contributed by atoms with Gasteiger partial charge in [-0.1, -0.05) is 12.2 Å². The monoisotopic (exact) mass is 212 g/mol. The number of ether oxygens (including phenoxy) is 2. The Morgan fingerprint density at radius 3 is 2.40 bits per heavy atom. The summed E-state index contributed by atoms with van der Waals surface area (Å²) in [5.74, 6) is -0.903. The molecule has 1 rings (SSSR count). The van der Waals surface area contributed by atoms with Gasteiger partial charge in [-0.3, -0.25) is 4.79 Å². The van der Waals surface area contributed by atoms with Gasteiger partial charge in [0.2, 0.25) is 0 Å². The second-order valence-corrected chi connectivity index (χ2v) is 3.65. The molecule has 0 atom stereocenters. The Labute approximate surface area is 89.2 Å². The third-order valence-corrected chi connectivity index (χ3v) is 2.44. The fourth-order valence-electron chi connectivity index (χ4n) is 1.47. The molecule has 0 radical (unpaired) electrons. The lowest BCUT2D eigenvalue weighted by molar-refractivity contribution is -0.231. The number of rotatable bonds is 5. The first-order valence-electron chi connectivity index (χ1n) is 4.83. The second-order valence-electron chi connectivity index (χ2n) is 3.65. The number of allylic oxidation sites excluding steroid dienone is 1. The summed E-state index contributed by atoms with van der Waals surface area (Å²) in [6.45, 7) is 7.44. The van der Waals surface area contributed by atoms with Crippen LogP contribution in [-0.4, -0.2) is 30.6 Å². The van der Waals surface area contributed by atoms with E-state index in [2.05, 4.69) is 13.2 Å². The zero-order valence-corrected chi connectivity index (χ0v) is 8.65. The number of carboxylic acids is 1. The normalized spacial score (nSPS) is 30.8. The lowest BCUT2D eigenvalue weighted by Crippen LogP contribution is -2.46. The highest BCUT2D eigenvalue weighted by Crippen LogP contribution is 2.30. The summed E-state index contributed by atoms with van der Waals surface area (Å²) < 4.78 is 10.7. The molecule has 0 amide bonds. The summed E-state index contributed by atoms with van der Waals surface area (Å²) in [7, 11) is 0. The minimum atomic E-state index is -0.973. The summed E-state index contributed by atoms with van der Waals surface area (Å²) in [6.07, 6.45) is 3.83. The third-order valence-electron chi connectivity index (χ3n) is 2.44. The topological polar surface area (TPSA) is 55.8 Å². The molecule has 15 heavy (non-hydrogen) atoms.